The first-order valence-electron chi connectivity index (χ1n) is 4.80. The Morgan fingerprint density at radius 2 is 2.25 bits per heavy atom. The second-order valence-corrected chi connectivity index (χ2v) is 3.00. The highest BCUT2D eigenvalue weighted by Gasteiger charge is 2.04. The molecule has 0 aliphatic carbocycles. The van der Waals surface area contributed by atoms with Gasteiger partial charge in [0.25, 0.3) is 0 Å². The van der Waals surface area contributed by atoms with Crippen LogP contribution in [0.3, 0.4) is 0 Å². The second-order valence-electron chi connectivity index (χ2n) is 3.00. The molecule has 0 aromatic heterocycles. The Morgan fingerprint density at radius 3 is 2.94 bits per heavy atom. The van der Waals surface area contributed by atoms with Gasteiger partial charge in [0.05, 0.1) is 0 Å². The molecule has 0 heterocycles. The van der Waals surface area contributed by atoms with Crippen LogP contribution in [0, 0.1) is 18.2 Å². The number of terminal acetylenes is 1. The summed E-state index contributed by atoms with van der Waals surface area (Å²) in [6, 6.07) is 5.73. The molecule has 0 radical (unpaired) electrons. The van der Waals surface area contributed by atoms with Crippen LogP contribution in [0.1, 0.15) is 12.8 Å². The molecule has 1 aromatic carbocycles. The summed E-state index contributed by atoms with van der Waals surface area (Å²) in [5, 5.41) is 0. The molecule has 0 aliphatic heterocycles. The molecule has 0 N–H and O–H groups in total. The van der Waals surface area contributed by atoms with Crippen molar-refractivity contribution in [1.82, 2.24) is 0 Å². The van der Waals surface area contributed by atoms with E-state index in [-0.39, 0.29) is 5.75 Å². The molecule has 0 amide bonds. The minimum atomic E-state index is -0.609. The Hall–Kier alpha value is -2.08. The van der Waals surface area contributed by atoms with Crippen LogP contribution in [-0.2, 0) is 4.79 Å². The molecule has 0 unspecified atom stereocenters. The normalized spacial score (nSPS) is 10.0. The maximum atomic E-state index is 13.1. The lowest BCUT2D eigenvalue weighted by molar-refractivity contribution is -0.129. The van der Waals surface area contributed by atoms with Crippen molar-refractivity contribution in [1.29, 1.82) is 0 Å². The van der Waals surface area contributed by atoms with Crippen LogP contribution in [0.2, 0.25) is 0 Å². The van der Waals surface area contributed by atoms with Crippen molar-refractivity contribution in [2.45, 2.75) is 12.8 Å². The molecule has 0 atom stereocenters. The van der Waals surface area contributed by atoms with E-state index in [4.69, 9.17) is 11.2 Å². The summed E-state index contributed by atoms with van der Waals surface area (Å²) in [6.45, 7) is 0. The summed E-state index contributed by atoms with van der Waals surface area (Å²) in [5.74, 6) is 1.19. The first-order valence-corrected chi connectivity index (χ1v) is 4.80. The Kier molecular flexibility index (Phi) is 4.81. The van der Waals surface area contributed by atoms with Gasteiger partial charge in [-0.3, -0.25) is 0 Å². The zero-order valence-electron chi connectivity index (χ0n) is 8.65. The molecule has 0 fully saturated rings. The molecule has 1 aromatic rings. The van der Waals surface area contributed by atoms with Crippen LogP contribution in [0.5, 0.6) is 5.75 Å². The number of ether oxygens (including phenoxy) is 1. The van der Waals surface area contributed by atoms with Gasteiger partial charge >= 0.3 is 5.97 Å². The largest absolute Gasteiger partial charge is 0.420 e. The van der Waals surface area contributed by atoms with E-state index in [2.05, 4.69) is 5.92 Å². The SMILES string of the molecule is C#CCC/C=C/C(=O)Oc1ccccc1F. The van der Waals surface area contributed by atoms with Crippen LogP contribution in [0.15, 0.2) is 36.4 Å². The van der Waals surface area contributed by atoms with E-state index in [0.29, 0.717) is 12.8 Å². The zero-order valence-corrected chi connectivity index (χ0v) is 8.65. The van der Waals surface area contributed by atoms with E-state index >= 15 is 0 Å². The van der Waals surface area contributed by atoms with E-state index < -0.39 is 11.8 Å². The lowest BCUT2D eigenvalue weighted by Gasteiger charge is -2.01. The molecule has 0 spiro atoms. The maximum absolute atomic E-state index is 13.1. The highest BCUT2D eigenvalue weighted by atomic mass is 19.1. The van der Waals surface area contributed by atoms with Gasteiger partial charge in [0.15, 0.2) is 11.6 Å². The standard InChI is InChI=1S/C13H11FO2/c1-2-3-4-5-10-13(15)16-12-9-7-6-8-11(12)14/h1,5-10H,3-4H2/b10-5+. The quantitative estimate of drug-likeness (QED) is 0.255. The Morgan fingerprint density at radius 1 is 1.50 bits per heavy atom. The second kappa shape index (κ2) is 6.41. The third-order valence-electron chi connectivity index (χ3n) is 1.76. The maximum Gasteiger partial charge on any atom is 0.335 e. The first-order chi connectivity index (χ1) is 7.74. The minimum Gasteiger partial charge on any atom is -0.420 e. The lowest BCUT2D eigenvalue weighted by Crippen LogP contribution is -2.04. The predicted octanol–water partition coefficient (Wildman–Crippen LogP) is 2.70. The molecule has 0 saturated heterocycles. The third-order valence-corrected chi connectivity index (χ3v) is 1.76. The number of halogens is 1. The van der Waals surface area contributed by atoms with E-state index in [1.165, 1.54) is 24.3 Å². The Labute approximate surface area is 93.7 Å². The van der Waals surface area contributed by atoms with Crippen molar-refractivity contribution in [2.24, 2.45) is 0 Å². The van der Waals surface area contributed by atoms with Crippen LogP contribution in [0.4, 0.5) is 4.39 Å². The van der Waals surface area contributed by atoms with Crippen LogP contribution in [-0.4, -0.2) is 5.97 Å². The average Bonchev–Trinajstić information content (AvgIpc) is 2.28. The van der Waals surface area contributed by atoms with Gasteiger partial charge in [0.2, 0.25) is 0 Å². The average molecular weight is 218 g/mol. The summed E-state index contributed by atoms with van der Waals surface area (Å²) in [6.07, 6.45) is 9.04. The van der Waals surface area contributed by atoms with Crippen LogP contribution < -0.4 is 4.74 Å². The molecule has 82 valence electrons. The summed E-state index contributed by atoms with van der Waals surface area (Å²) < 4.78 is 17.8. The molecular formula is C13H11FO2. The number of rotatable bonds is 4. The van der Waals surface area contributed by atoms with Crippen molar-refractivity contribution >= 4 is 5.97 Å². The molecule has 1 rings (SSSR count). The number of carbonyl (C=O) groups excluding carboxylic acids is 1. The van der Waals surface area contributed by atoms with Gasteiger partial charge in [-0.1, -0.05) is 18.2 Å². The predicted molar refractivity (Wildman–Crippen MR) is 59.2 cm³/mol. The minimum absolute atomic E-state index is 0.0749. The van der Waals surface area contributed by atoms with Crippen molar-refractivity contribution in [3.8, 4) is 18.1 Å². The molecule has 3 heteroatoms. The fourth-order valence-electron chi connectivity index (χ4n) is 1.02. The number of benzene rings is 1. The summed E-state index contributed by atoms with van der Waals surface area (Å²) >= 11 is 0. The van der Waals surface area contributed by atoms with Crippen LogP contribution in [0.25, 0.3) is 0 Å². The number of allylic oxidation sites excluding steroid dienone is 1. The first kappa shape index (κ1) is 12.0. The molecule has 0 aliphatic rings. The highest BCUT2D eigenvalue weighted by Crippen LogP contribution is 2.15. The molecule has 0 bridgehead atoms. The van der Waals surface area contributed by atoms with Gasteiger partial charge in [-0.05, 0) is 18.6 Å². The molecule has 16 heavy (non-hydrogen) atoms. The highest BCUT2D eigenvalue weighted by molar-refractivity contribution is 5.83. The van der Waals surface area contributed by atoms with Crippen molar-refractivity contribution < 1.29 is 13.9 Å². The lowest BCUT2D eigenvalue weighted by atomic mass is 10.3. The number of esters is 1. The van der Waals surface area contributed by atoms with Gasteiger partial charge < -0.3 is 4.74 Å². The van der Waals surface area contributed by atoms with Gasteiger partial charge in [0.1, 0.15) is 0 Å². The van der Waals surface area contributed by atoms with E-state index in [0.717, 1.165) is 0 Å². The van der Waals surface area contributed by atoms with Gasteiger partial charge in [0, 0.05) is 12.5 Å². The number of carbonyl (C=O) groups is 1. The summed E-state index contributed by atoms with van der Waals surface area (Å²) in [4.78, 5) is 11.2. The van der Waals surface area contributed by atoms with Crippen molar-refractivity contribution in [3.05, 3.63) is 42.2 Å². The monoisotopic (exact) mass is 218 g/mol. The van der Waals surface area contributed by atoms with Gasteiger partial charge in [-0.15, -0.1) is 12.3 Å². The smallest absolute Gasteiger partial charge is 0.335 e. The fourth-order valence-corrected chi connectivity index (χ4v) is 1.02. The number of unbranched alkanes of at least 4 members (excludes halogenated alkanes) is 1. The number of hydrogen-bond acceptors (Lipinski definition) is 2. The zero-order chi connectivity index (χ0) is 11.8. The Balaban J connectivity index is 2.50. The molecular weight excluding hydrogens is 207 g/mol. The van der Waals surface area contributed by atoms with E-state index in [1.807, 2.05) is 0 Å². The topological polar surface area (TPSA) is 26.3 Å². The van der Waals surface area contributed by atoms with Crippen molar-refractivity contribution in [3.63, 3.8) is 0 Å². The Bertz CT molecular complexity index is 430. The van der Waals surface area contributed by atoms with Crippen molar-refractivity contribution in [2.75, 3.05) is 0 Å². The summed E-state index contributed by atoms with van der Waals surface area (Å²) in [5.41, 5.74) is 0. The van der Waals surface area contributed by atoms with Gasteiger partial charge in [-0.25, -0.2) is 9.18 Å². The number of para-hydroxylation sites is 1. The third kappa shape index (κ3) is 3.97. The summed E-state index contributed by atoms with van der Waals surface area (Å²) in [7, 11) is 0. The van der Waals surface area contributed by atoms with Crippen LogP contribution >= 0.6 is 0 Å². The number of hydrogen-bond donors (Lipinski definition) is 0. The fraction of sp³-hybridized carbons (Fsp3) is 0.154. The molecule has 0 saturated carbocycles. The molecule has 2 nitrogen and oxygen atoms in total. The van der Waals surface area contributed by atoms with E-state index in [1.54, 1.807) is 12.1 Å². The van der Waals surface area contributed by atoms with Gasteiger partial charge in [-0.2, -0.15) is 0 Å². The van der Waals surface area contributed by atoms with E-state index in [9.17, 15) is 9.18 Å².